The van der Waals surface area contributed by atoms with Crippen LogP contribution in [0.2, 0.25) is 0 Å². The van der Waals surface area contributed by atoms with Gasteiger partial charge < -0.3 is 0 Å². The van der Waals surface area contributed by atoms with Gasteiger partial charge in [0.25, 0.3) is 0 Å². The SMILES string of the molecule is C1=CC2=C(C3=CCC(C4=CCCCC4)C(c4ccc(-c5nc(C6=CCC(C7=CCCCC7)C=C6)nc(C6CC=C(c7ccccc7)CC6)n5)cc4)=N3)C=CCC2CC1. The number of fused-ring (bicyclic) bond motifs is 1. The summed E-state index contributed by atoms with van der Waals surface area (Å²) >= 11 is 0. The van der Waals surface area contributed by atoms with Crippen molar-refractivity contribution in [2.75, 3.05) is 0 Å². The van der Waals surface area contributed by atoms with Crippen LogP contribution in [0.25, 0.3) is 22.5 Å². The zero-order chi connectivity index (χ0) is 38.7. The number of hydrogen-bond acceptors (Lipinski definition) is 4. The van der Waals surface area contributed by atoms with E-state index in [9.17, 15) is 0 Å². The van der Waals surface area contributed by atoms with Crippen LogP contribution in [0.15, 0.2) is 154 Å². The Balaban J connectivity index is 0.985. The Labute approximate surface area is 345 Å². The topological polar surface area (TPSA) is 51.0 Å². The lowest BCUT2D eigenvalue weighted by atomic mass is 9.77. The first-order valence-corrected chi connectivity index (χ1v) is 22.5. The molecular weight excluding hydrogens is 705 g/mol. The van der Waals surface area contributed by atoms with Gasteiger partial charge in [-0.25, -0.2) is 15.0 Å². The van der Waals surface area contributed by atoms with Gasteiger partial charge in [0, 0.05) is 34.5 Å². The molecule has 292 valence electrons. The summed E-state index contributed by atoms with van der Waals surface area (Å²) in [6.45, 7) is 0. The maximum Gasteiger partial charge on any atom is 0.163 e. The van der Waals surface area contributed by atoms with E-state index in [1.54, 1.807) is 11.1 Å². The molecule has 0 saturated carbocycles. The van der Waals surface area contributed by atoms with Crippen molar-refractivity contribution in [3.8, 4) is 11.4 Å². The van der Waals surface area contributed by atoms with E-state index in [0.717, 1.165) is 72.8 Å². The molecule has 7 aliphatic rings. The largest absolute Gasteiger partial charge is 0.252 e. The number of aliphatic imine (C=N–C) groups is 1. The number of hydrogen-bond donors (Lipinski definition) is 0. The van der Waals surface area contributed by atoms with Gasteiger partial charge in [0.1, 0.15) is 5.82 Å². The first-order valence-electron chi connectivity index (χ1n) is 22.5. The molecule has 4 heteroatoms. The average Bonchev–Trinajstić information content (AvgIpc) is 3.32. The minimum atomic E-state index is 0.259. The highest BCUT2D eigenvalue weighted by Crippen LogP contribution is 2.41. The Bertz CT molecular complexity index is 2360. The number of aromatic nitrogens is 3. The molecule has 4 unspecified atom stereocenters. The number of nitrogens with zero attached hydrogens (tertiary/aromatic N) is 4. The lowest BCUT2D eigenvalue weighted by molar-refractivity contribution is 0.561. The molecule has 0 radical (unpaired) electrons. The van der Waals surface area contributed by atoms with Crippen LogP contribution in [-0.2, 0) is 0 Å². The summed E-state index contributed by atoms with van der Waals surface area (Å²) in [6.07, 6.45) is 44.9. The third-order valence-corrected chi connectivity index (χ3v) is 13.8. The lowest BCUT2D eigenvalue weighted by Crippen LogP contribution is -2.23. The minimum Gasteiger partial charge on any atom is -0.252 e. The van der Waals surface area contributed by atoms with Gasteiger partial charge in [0.05, 0.1) is 11.4 Å². The zero-order valence-corrected chi connectivity index (χ0v) is 34.0. The maximum atomic E-state index is 5.57. The molecule has 0 saturated heterocycles. The Morgan fingerprint density at radius 3 is 2.10 bits per heavy atom. The van der Waals surface area contributed by atoms with Crippen LogP contribution >= 0.6 is 0 Å². The summed E-state index contributed by atoms with van der Waals surface area (Å²) in [5, 5.41) is 0. The first kappa shape index (κ1) is 37.1. The average molecular weight is 761 g/mol. The summed E-state index contributed by atoms with van der Waals surface area (Å²) < 4.78 is 0. The molecule has 58 heavy (non-hydrogen) atoms. The van der Waals surface area contributed by atoms with Crippen LogP contribution in [0.3, 0.4) is 0 Å². The zero-order valence-electron chi connectivity index (χ0n) is 34.0. The lowest BCUT2D eigenvalue weighted by Gasteiger charge is -2.30. The van der Waals surface area contributed by atoms with E-state index in [2.05, 4.69) is 121 Å². The summed E-state index contributed by atoms with van der Waals surface area (Å²) in [4.78, 5) is 21.3. The molecule has 10 rings (SSSR count). The molecule has 1 aliphatic heterocycles. The fraction of sp³-hybridized carbons (Fsp3) is 0.370. The van der Waals surface area contributed by atoms with Crippen LogP contribution in [0.5, 0.6) is 0 Å². The molecule has 0 N–H and O–H groups in total. The van der Waals surface area contributed by atoms with E-state index < -0.39 is 0 Å². The second-order valence-electron chi connectivity index (χ2n) is 17.5. The Kier molecular flexibility index (Phi) is 10.8. The van der Waals surface area contributed by atoms with E-state index in [-0.39, 0.29) is 5.92 Å². The highest BCUT2D eigenvalue weighted by molar-refractivity contribution is 6.05. The highest BCUT2D eigenvalue weighted by Gasteiger charge is 2.29. The summed E-state index contributed by atoms with van der Waals surface area (Å²) in [6, 6.07) is 19.9. The van der Waals surface area contributed by atoms with E-state index >= 15 is 0 Å². The molecular formula is C54H56N4. The van der Waals surface area contributed by atoms with E-state index in [0.29, 0.717) is 17.8 Å². The Hall–Kier alpha value is -5.22. The molecule has 4 nitrogen and oxygen atoms in total. The molecule has 1 aromatic heterocycles. The predicted molar refractivity (Wildman–Crippen MR) is 240 cm³/mol. The molecule has 2 heterocycles. The quantitative estimate of drug-likeness (QED) is 0.215. The Morgan fingerprint density at radius 1 is 0.534 bits per heavy atom. The molecule has 0 amide bonds. The number of allylic oxidation sites excluding steroid dienone is 16. The van der Waals surface area contributed by atoms with Crippen LogP contribution in [0.1, 0.15) is 131 Å². The van der Waals surface area contributed by atoms with E-state index in [1.807, 2.05) is 0 Å². The van der Waals surface area contributed by atoms with Gasteiger partial charge in [-0.1, -0.05) is 133 Å². The van der Waals surface area contributed by atoms with Crippen LogP contribution in [-0.4, -0.2) is 20.7 Å². The van der Waals surface area contributed by atoms with Crippen molar-refractivity contribution in [3.63, 3.8) is 0 Å². The second-order valence-corrected chi connectivity index (χ2v) is 17.5. The monoisotopic (exact) mass is 760 g/mol. The molecule has 0 fully saturated rings. The second kappa shape index (κ2) is 16.9. The fourth-order valence-corrected chi connectivity index (χ4v) is 10.4. The molecule has 0 spiro atoms. The van der Waals surface area contributed by atoms with Gasteiger partial charge in [-0.2, -0.15) is 0 Å². The molecule has 2 aromatic carbocycles. The van der Waals surface area contributed by atoms with Crippen LogP contribution in [0, 0.1) is 17.8 Å². The Morgan fingerprint density at radius 2 is 1.34 bits per heavy atom. The van der Waals surface area contributed by atoms with Crippen molar-refractivity contribution in [1.29, 1.82) is 0 Å². The van der Waals surface area contributed by atoms with Crippen molar-refractivity contribution >= 4 is 16.9 Å². The van der Waals surface area contributed by atoms with Gasteiger partial charge in [-0.3, -0.25) is 4.99 Å². The molecule has 0 bridgehead atoms. The number of benzene rings is 2. The van der Waals surface area contributed by atoms with Gasteiger partial charge in [0.15, 0.2) is 11.6 Å². The molecule has 4 atom stereocenters. The van der Waals surface area contributed by atoms with Crippen molar-refractivity contribution in [2.45, 2.75) is 109 Å². The molecule has 3 aromatic rings. The van der Waals surface area contributed by atoms with E-state index in [1.165, 1.54) is 97.8 Å². The third kappa shape index (κ3) is 7.83. The van der Waals surface area contributed by atoms with Gasteiger partial charge in [-0.15, -0.1) is 0 Å². The van der Waals surface area contributed by atoms with Gasteiger partial charge >= 0.3 is 0 Å². The van der Waals surface area contributed by atoms with Gasteiger partial charge in [-0.05, 0) is 131 Å². The van der Waals surface area contributed by atoms with Crippen LogP contribution in [0.4, 0.5) is 0 Å². The molecule has 6 aliphatic carbocycles. The first-order chi connectivity index (χ1) is 28.7. The van der Waals surface area contributed by atoms with Crippen molar-refractivity contribution < 1.29 is 0 Å². The fourth-order valence-electron chi connectivity index (χ4n) is 10.4. The van der Waals surface area contributed by atoms with Gasteiger partial charge in [0.2, 0.25) is 0 Å². The highest BCUT2D eigenvalue weighted by atomic mass is 15.0. The van der Waals surface area contributed by atoms with Crippen molar-refractivity contribution in [2.24, 2.45) is 22.7 Å². The maximum absolute atomic E-state index is 5.57. The van der Waals surface area contributed by atoms with E-state index in [4.69, 9.17) is 19.9 Å². The van der Waals surface area contributed by atoms with Crippen molar-refractivity contribution in [3.05, 3.63) is 172 Å². The summed E-state index contributed by atoms with van der Waals surface area (Å²) in [5.41, 5.74) is 14.4. The minimum absolute atomic E-state index is 0.259. The number of rotatable bonds is 8. The predicted octanol–water partition coefficient (Wildman–Crippen LogP) is 13.8. The van der Waals surface area contributed by atoms with Crippen LogP contribution < -0.4 is 0 Å². The standard InChI is InChI=1S/C54H56N4/c1-4-13-37(14-5-1)39-23-29-44(30-24-39)52-56-53(45-31-25-40(26-32-45)38-15-6-2-7-16-38)58-54(57-52)46-33-27-43(28-34-46)51-48(42-17-8-3-9-18-42)35-36-50(55-51)49-22-12-20-41-19-10-11-21-47(41)49/h1,4-5,11-15,17,21-23,25,27-28,31-34,36,40-41,44,48H,2-3,6-10,16,18-20,24,26,29-30,35H2. The van der Waals surface area contributed by atoms with Crippen molar-refractivity contribution in [1.82, 2.24) is 15.0 Å². The summed E-state index contributed by atoms with van der Waals surface area (Å²) in [7, 11) is 0. The normalized spacial score (nSPS) is 25.9. The summed E-state index contributed by atoms with van der Waals surface area (Å²) in [5.74, 6) is 4.17. The third-order valence-electron chi connectivity index (χ3n) is 13.8. The smallest absolute Gasteiger partial charge is 0.163 e.